The van der Waals surface area contributed by atoms with Crippen LogP contribution in [-0.2, 0) is 6.54 Å². The van der Waals surface area contributed by atoms with Crippen molar-refractivity contribution >= 4 is 0 Å². The summed E-state index contributed by atoms with van der Waals surface area (Å²) in [6.07, 6.45) is 0. The fraction of sp³-hybridized carbons (Fsp3) is 0.400. The molecule has 0 aliphatic rings. The molecule has 3 nitrogen and oxygen atoms in total. The van der Waals surface area contributed by atoms with Crippen LogP contribution in [0.25, 0.3) is 0 Å². The Labute approximate surface area is 86.4 Å². The monoisotopic (exact) mass is 217 g/mol. The van der Waals surface area contributed by atoms with E-state index in [2.05, 4.69) is 5.32 Å². The third kappa shape index (κ3) is 3.23. The standard InChI is InChI=1S/C10H13F2NO2/c11-9-2-1-3-10(12)8(9)4-13-7(5-14)6-15/h1-3,7,13-15H,4-6H2. The van der Waals surface area contributed by atoms with Crippen LogP contribution in [0.5, 0.6) is 0 Å². The SMILES string of the molecule is OCC(CO)NCc1c(F)cccc1F. The van der Waals surface area contributed by atoms with Crippen LogP contribution in [0, 0.1) is 11.6 Å². The fourth-order valence-electron chi connectivity index (χ4n) is 1.13. The fourth-order valence-corrected chi connectivity index (χ4v) is 1.13. The summed E-state index contributed by atoms with van der Waals surface area (Å²) in [7, 11) is 0. The maximum Gasteiger partial charge on any atom is 0.130 e. The highest BCUT2D eigenvalue weighted by atomic mass is 19.1. The second-order valence-electron chi connectivity index (χ2n) is 3.14. The predicted molar refractivity (Wildman–Crippen MR) is 51.2 cm³/mol. The van der Waals surface area contributed by atoms with E-state index in [-0.39, 0.29) is 25.3 Å². The summed E-state index contributed by atoms with van der Waals surface area (Å²) >= 11 is 0. The molecule has 0 bridgehead atoms. The number of nitrogens with one attached hydrogen (secondary N) is 1. The topological polar surface area (TPSA) is 52.5 Å². The van der Waals surface area contributed by atoms with Crippen LogP contribution in [-0.4, -0.2) is 29.5 Å². The van der Waals surface area contributed by atoms with Crippen LogP contribution >= 0.6 is 0 Å². The van der Waals surface area contributed by atoms with Gasteiger partial charge in [-0.3, -0.25) is 0 Å². The van der Waals surface area contributed by atoms with E-state index in [0.29, 0.717) is 0 Å². The number of rotatable bonds is 5. The molecular formula is C10H13F2NO2. The molecule has 0 aliphatic carbocycles. The van der Waals surface area contributed by atoms with Crippen molar-refractivity contribution < 1.29 is 19.0 Å². The zero-order valence-electron chi connectivity index (χ0n) is 8.08. The van der Waals surface area contributed by atoms with Gasteiger partial charge in [-0.1, -0.05) is 6.07 Å². The molecule has 0 radical (unpaired) electrons. The van der Waals surface area contributed by atoms with Crippen LogP contribution < -0.4 is 5.32 Å². The van der Waals surface area contributed by atoms with Gasteiger partial charge in [-0.25, -0.2) is 8.78 Å². The Bertz CT molecular complexity index is 296. The first-order valence-electron chi connectivity index (χ1n) is 4.57. The minimum Gasteiger partial charge on any atom is -0.395 e. The summed E-state index contributed by atoms with van der Waals surface area (Å²) in [6, 6.07) is 3.04. The van der Waals surface area contributed by atoms with Gasteiger partial charge in [-0.2, -0.15) is 0 Å². The van der Waals surface area contributed by atoms with Gasteiger partial charge in [0.05, 0.1) is 19.3 Å². The molecule has 15 heavy (non-hydrogen) atoms. The van der Waals surface area contributed by atoms with E-state index < -0.39 is 17.7 Å². The Hall–Kier alpha value is -1.04. The molecule has 0 atom stereocenters. The molecule has 0 saturated carbocycles. The smallest absolute Gasteiger partial charge is 0.130 e. The Morgan fingerprint density at radius 1 is 1.13 bits per heavy atom. The van der Waals surface area contributed by atoms with Crippen LogP contribution in [0.3, 0.4) is 0 Å². The predicted octanol–water partition coefficient (Wildman–Crippen LogP) is 0.408. The van der Waals surface area contributed by atoms with E-state index in [1.54, 1.807) is 0 Å². The maximum absolute atomic E-state index is 13.1. The number of halogens is 2. The van der Waals surface area contributed by atoms with E-state index in [0.717, 1.165) is 12.1 Å². The molecule has 1 rings (SSSR count). The first-order chi connectivity index (χ1) is 7.19. The van der Waals surface area contributed by atoms with Crippen molar-refractivity contribution in [1.29, 1.82) is 0 Å². The molecule has 0 aromatic heterocycles. The lowest BCUT2D eigenvalue weighted by Crippen LogP contribution is -2.35. The van der Waals surface area contributed by atoms with Gasteiger partial charge < -0.3 is 15.5 Å². The number of aliphatic hydroxyl groups is 2. The van der Waals surface area contributed by atoms with Crippen LogP contribution in [0.1, 0.15) is 5.56 Å². The first-order valence-corrected chi connectivity index (χ1v) is 4.57. The molecule has 0 amide bonds. The van der Waals surface area contributed by atoms with E-state index in [1.165, 1.54) is 6.07 Å². The minimum atomic E-state index is -0.642. The quantitative estimate of drug-likeness (QED) is 0.669. The Morgan fingerprint density at radius 2 is 1.67 bits per heavy atom. The number of benzene rings is 1. The highest BCUT2D eigenvalue weighted by Crippen LogP contribution is 2.11. The van der Waals surface area contributed by atoms with E-state index >= 15 is 0 Å². The van der Waals surface area contributed by atoms with Crippen LogP contribution in [0.15, 0.2) is 18.2 Å². The highest BCUT2D eigenvalue weighted by molar-refractivity contribution is 5.19. The summed E-state index contributed by atoms with van der Waals surface area (Å²) < 4.78 is 26.2. The molecule has 0 spiro atoms. The van der Waals surface area contributed by atoms with Crippen LogP contribution in [0.4, 0.5) is 8.78 Å². The van der Waals surface area contributed by atoms with Gasteiger partial charge in [-0.05, 0) is 12.1 Å². The van der Waals surface area contributed by atoms with Gasteiger partial charge in [0.15, 0.2) is 0 Å². The molecule has 0 fully saturated rings. The number of hydrogen-bond donors (Lipinski definition) is 3. The third-order valence-corrected chi connectivity index (χ3v) is 2.07. The summed E-state index contributed by atoms with van der Waals surface area (Å²) in [4.78, 5) is 0. The Kier molecular flexibility index (Phi) is 4.61. The normalized spacial score (nSPS) is 11.0. The zero-order valence-corrected chi connectivity index (χ0v) is 8.08. The van der Waals surface area contributed by atoms with Crippen LogP contribution in [0.2, 0.25) is 0 Å². The lowest BCUT2D eigenvalue weighted by atomic mass is 10.2. The largest absolute Gasteiger partial charge is 0.395 e. The molecule has 0 aliphatic heterocycles. The van der Waals surface area contributed by atoms with Gasteiger partial charge in [0.25, 0.3) is 0 Å². The summed E-state index contributed by atoms with van der Waals surface area (Å²) in [6.45, 7) is -0.635. The average Bonchev–Trinajstić information content (AvgIpc) is 2.23. The second-order valence-corrected chi connectivity index (χ2v) is 3.14. The van der Waals surface area contributed by atoms with Crippen molar-refractivity contribution in [2.45, 2.75) is 12.6 Å². The van der Waals surface area contributed by atoms with Gasteiger partial charge in [0.1, 0.15) is 11.6 Å². The van der Waals surface area contributed by atoms with E-state index in [1.807, 2.05) is 0 Å². The summed E-state index contributed by atoms with van der Waals surface area (Å²) in [5.41, 5.74) is -0.0931. The van der Waals surface area contributed by atoms with Crippen molar-refractivity contribution in [3.8, 4) is 0 Å². The van der Waals surface area contributed by atoms with E-state index in [4.69, 9.17) is 10.2 Å². The van der Waals surface area contributed by atoms with Crippen molar-refractivity contribution in [1.82, 2.24) is 5.32 Å². The molecule has 1 aromatic rings. The zero-order chi connectivity index (χ0) is 11.3. The molecule has 5 heteroatoms. The van der Waals surface area contributed by atoms with Crippen molar-refractivity contribution in [3.63, 3.8) is 0 Å². The molecule has 0 heterocycles. The lowest BCUT2D eigenvalue weighted by Gasteiger charge is -2.13. The van der Waals surface area contributed by atoms with Gasteiger partial charge >= 0.3 is 0 Å². The minimum absolute atomic E-state index is 0.0652. The first kappa shape index (κ1) is 12.0. The lowest BCUT2D eigenvalue weighted by molar-refractivity contribution is 0.169. The number of aliphatic hydroxyl groups excluding tert-OH is 2. The van der Waals surface area contributed by atoms with Gasteiger partial charge in [0.2, 0.25) is 0 Å². The van der Waals surface area contributed by atoms with Crippen molar-refractivity contribution in [2.24, 2.45) is 0 Å². The average molecular weight is 217 g/mol. The number of hydrogen-bond acceptors (Lipinski definition) is 3. The Balaban J connectivity index is 2.64. The highest BCUT2D eigenvalue weighted by Gasteiger charge is 2.10. The summed E-state index contributed by atoms with van der Waals surface area (Å²) in [5, 5.41) is 20.1. The Morgan fingerprint density at radius 3 is 2.13 bits per heavy atom. The molecule has 1 aromatic carbocycles. The second kappa shape index (κ2) is 5.75. The molecular weight excluding hydrogens is 204 g/mol. The van der Waals surface area contributed by atoms with Crippen molar-refractivity contribution in [2.75, 3.05) is 13.2 Å². The van der Waals surface area contributed by atoms with Crippen molar-refractivity contribution in [3.05, 3.63) is 35.4 Å². The van der Waals surface area contributed by atoms with Gasteiger partial charge in [0, 0.05) is 12.1 Å². The van der Waals surface area contributed by atoms with E-state index in [9.17, 15) is 8.78 Å². The molecule has 3 N–H and O–H groups in total. The molecule has 0 unspecified atom stereocenters. The molecule has 0 saturated heterocycles. The third-order valence-electron chi connectivity index (χ3n) is 2.07. The van der Waals surface area contributed by atoms with Gasteiger partial charge in [-0.15, -0.1) is 0 Å². The summed E-state index contributed by atoms with van der Waals surface area (Å²) in [5.74, 6) is -1.28. The molecule has 84 valence electrons. The maximum atomic E-state index is 13.1.